The maximum Gasteiger partial charge on any atom is 0.251 e. The number of ether oxygens (including phenoxy) is 1. The monoisotopic (exact) mass is 445 g/mol. The van der Waals surface area contributed by atoms with Gasteiger partial charge in [0.25, 0.3) is 5.91 Å². The van der Waals surface area contributed by atoms with Crippen molar-refractivity contribution in [1.29, 1.82) is 0 Å². The Kier molecular flexibility index (Phi) is 7.03. The Balaban J connectivity index is 1.38. The van der Waals surface area contributed by atoms with Crippen LogP contribution in [0, 0.1) is 19.7 Å². The van der Waals surface area contributed by atoms with Gasteiger partial charge < -0.3 is 14.6 Å². The summed E-state index contributed by atoms with van der Waals surface area (Å²) in [7, 11) is 0. The SMILES string of the molecule is Cc1cccc(C)c1OCCCCn1c(CNC(=O)c2ccc(F)cc2)nc2ccccc21. The van der Waals surface area contributed by atoms with Crippen LogP contribution in [0.15, 0.2) is 66.7 Å². The van der Waals surface area contributed by atoms with Crippen LogP contribution < -0.4 is 10.1 Å². The molecule has 1 aromatic heterocycles. The molecule has 0 saturated heterocycles. The minimum atomic E-state index is -0.366. The summed E-state index contributed by atoms with van der Waals surface area (Å²) >= 11 is 0. The predicted octanol–water partition coefficient (Wildman–Crippen LogP) is 5.58. The van der Waals surface area contributed by atoms with Crippen LogP contribution in [0.2, 0.25) is 0 Å². The Bertz CT molecular complexity index is 1230. The molecule has 0 atom stereocenters. The molecule has 1 amide bonds. The van der Waals surface area contributed by atoms with Crippen LogP contribution in [-0.2, 0) is 13.1 Å². The number of benzene rings is 3. The molecule has 0 radical (unpaired) electrons. The lowest BCUT2D eigenvalue weighted by atomic mass is 10.1. The molecule has 6 heteroatoms. The maximum atomic E-state index is 13.1. The van der Waals surface area contributed by atoms with Crippen molar-refractivity contribution in [3.8, 4) is 5.75 Å². The second-order valence-electron chi connectivity index (χ2n) is 8.13. The van der Waals surface area contributed by atoms with Gasteiger partial charge in [-0.1, -0.05) is 30.3 Å². The highest BCUT2D eigenvalue weighted by molar-refractivity contribution is 5.94. The zero-order valence-corrected chi connectivity index (χ0v) is 19.0. The number of nitrogens with one attached hydrogen (secondary N) is 1. The third-order valence-electron chi connectivity index (χ3n) is 5.68. The highest BCUT2D eigenvalue weighted by Gasteiger charge is 2.13. The molecule has 170 valence electrons. The molecular formula is C27H28FN3O2. The average molecular weight is 446 g/mol. The standard InChI is InChI=1S/C27H28FN3O2/c1-19-8-7-9-20(2)26(19)33-17-6-5-16-31-24-11-4-3-10-23(24)30-25(31)18-29-27(32)21-12-14-22(28)15-13-21/h3-4,7-15H,5-6,16-18H2,1-2H3,(H,29,32). The predicted molar refractivity (Wildman–Crippen MR) is 128 cm³/mol. The van der Waals surface area contributed by atoms with Crippen molar-refractivity contribution in [3.63, 3.8) is 0 Å². The molecule has 4 aromatic rings. The minimum Gasteiger partial charge on any atom is -0.493 e. The quantitative estimate of drug-likeness (QED) is 0.342. The highest BCUT2D eigenvalue weighted by Crippen LogP contribution is 2.23. The minimum absolute atomic E-state index is 0.254. The van der Waals surface area contributed by atoms with Gasteiger partial charge in [-0.3, -0.25) is 4.79 Å². The van der Waals surface area contributed by atoms with Crippen molar-refractivity contribution in [3.05, 3.63) is 95.1 Å². The number of imidazole rings is 1. The van der Waals surface area contributed by atoms with Crippen molar-refractivity contribution in [1.82, 2.24) is 14.9 Å². The molecule has 0 aliphatic carbocycles. The molecule has 0 unspecified atom stereocenters. The topological polar surface area (TPSA) is 56.1 Å². The van der Waals surface area contributed by atoms with Gasteiger partial charge in [-0.2, -0.15) is 0 Å². The Morgan fingerprint density at radius 1 is 0.970 bits per heavy atom. The lowest BCUT2D eigenvalue weighted by molar-refractivity contribution is 0.0949. The molecule has 0 aliphatic heterocycles. The average Bonchev–Trinajstić information content (AvgIpc) is 3.17. The smallest absolute Gasteiger partial charge is 0.251 e. The first-order valence-electron chi connectivity index (χ1n) is 11.2. The van der Waals surface area contributed by atoms with Crippen LogP contribution >= 0.6 is 0 Å². The van der Waals surface area contributed by atoms with Gasteiger partial charge in [0, 0.05) is 12.1 Å². The van der Waals surface area contributed by atoms with Crippen LogP contribution in [0.4, 0.5) is 4.39 Å². The van der Waals surface area contributed by atoms with Gasteiger partial charge in [0.1, 0.15) is 17.4 Å². The summed E-state index contributed by atoms with van der Waals surface area (Å²) in [6.45, 7) is 5.84. The van der Waals surface area contributed by atoms with E-state index in [1.165, 1.54) is 24.3 Å². The molecule has 1 N–H and O–H groups in total. The summed E-state index contributed by atoms with van der Waals surface area (Å²) in [6.07, 6.45) is 1.83. The number of hydrogen-bond donors (Lipinski definition) is 1. The fraction of sp³-hybridized carbons (Fsp3) is 0.259. The first-order chi connectivity index (χ1) is 16.0. The van der Waals surface area contributed by atoms with Gasteiger partial charge in [-0.25, -0.2) is 9.37 Å². The van der Waals surface area contributed by atoms with Crippen LogP contribution in [0.1, 0.15) is 40.2 Å². The number of carbonyl (C=O) groups excluding carboxylic acids is 1. The van der Waals surface area contributed by atoms with Gasteiger partial charge in [0.15, 0.2) is 0 Å². The summed E-state index contributed by atoms with van der Waals surface area (Å²) in [6, 6.07) is 19.6. The second kappa shape index (κ2) is 10.3. The van der Waals surface area contributed by atoms with E-state index < -0.39 is 0 Å². The number of rotatable bonds is 9. The number of aromatic nitrogens is 2. The van der Waals surface area contributed by atoms with E-state index in [2.05, 4.69) is 35.9 Å². The Labute approximate surface area is 193 Å². The first kappa shape index (κ1) is 22.5. The molecule has 3 aromatic carbocycles. The molecule has 0 spiro atoms. The molecule has 1 heterocycles. The fourth-order valence-electron chi connectivity index (χ4n) is 3.95. The summed E-state index contributed by atoms with van der Waals surface area (Å²) < 4.78 is 21.3. The lowest BCUT2D eigenvalue weighted by Gasteiger charge is -2.13. The number of nitrogens with zero attached hydrogens (tertiary/aromatic N) is 2. The van der Waals surface area contributed by atoms with Crippen LogP contribution in [0.25, 0.3) is 11.0 Å². The van der Waals surface area contributed by atoms with E-state index in [1.807, 2.05) is 30.3 Å². The number of unbranched alkanes of at least 4 members (excludes halogenated alkanes) is 1. The zero-order valence-electron chi connectivity index (χ0n) is 19.0. The van der Waals surface area contributed by atoms with Crippen LogP contribution in [-0.4, -0.2) is 22.1 Å². The molecule has 0 aliphatic rings. The molecule has 0 saturated carbocycles. The largest absolute Gasteiger partial charge is 0.493 e. The third kappa shape index (κ3) is 5.40. The number of carbonyl (C=O) groups is 1. The van der Waals surface area contributed by atoms with E-state index in [-0.39, 0.29) is 11.7 Å². The molecule has 33 heavy (non-hydrogen) atoms. The van der Waals surface area contributed by atoms with Crippen molar-refractivity contribution in [2.45, 2.75) is 39.8 Å². The number of para-hydroxylation sites is 3. The van der Waals surface area contributed by atoms with Gasteiger partial charge >= 0.3 is 0 Å². The normalized spacial score (nSPS) is 11.0. The fourth-order valence-corrected chi connectivity index (χ4v) is 3.95. The van der Waals surface area contributed by atoms with Gasteiger partial charge in [0.2, 0.25) is 0 Å². The third-order valence-corrected chi connectivity index (χ3v) is 5.68. The van der Waals surface area contributed by atoms with Gasteiger partial charge in [-0.15, -0.1) is 0 Å². The first-order valence-corrected chi connectivity index (χ1v) is 11.2. The Hall–Kier alpha value is -3.67. The molecule has 5 nitrogen and oxygen atoms in total. The van der Waals surface area contributed by atoms with E-state index in [0.717, 1.165) is 53.1 Å². The Morgan fingerprint density at radius 3 is 2.45 bits per heavy atom. The molecule has 4 rings (SSSR count). The van der Waals surface area contributed by atoms with Crippen LogP contribution in [0.3, 0.4) is 0 Å². The lowest BCUT2D eigenvalue weighted by Crippen LogP contribution is -2.24. The Morgan fingerprint density at radius 2 is 1.70 bits per heavy atom. The number of halogens is 1. The number of fused-ring (bicyclic) bond motifs is 1. The van der Waals surface area contributed by atoms with Crippen molar-refractivity contribution >= 4 is 16.9 Å². The number of amides is 1. The van der Waals surface area contributed by atoms with E-state index in [0.29, 0.717) is 18.7 Å². The van der Waals surface area contributed by atoms with E-state index in [1.54, 1.807) is 0 Å². The van der Waals surface area contributed by atoms with Crippen molar-refractivity contribution < 1.29 is 13.9 Å². The maximum absolute atomic E-state index is 13.1. The highest BCUT2D eigenvalue weighted by atomic mass is 19.1. The van der Waals surface area contributed by atoms with Crippen LogP contribution in [0.5, 0.6) is 5.75 Å². The van der Waals surface area contributed by atoms with Gasteiger partial charge in [-0.05, 0) is 74.2 Å². The van der Waals surface area contributed by atoms with Gasteiger partial charge in [0.05, 0.1) is 24.2 Å². The zero-order chi connectivity index (χ0) is 23.2. The second-order valence-corrected chi connectivity index (χ2v) is 8.13. The summed E-state index contributed by atoms with van der Waals surface area (Å²) in [5.41, 5.74) is 4.65. The van der Waals surface area contributed by atoms with E-state index >= 15 is 0 Å². The van der Waals surface area contributed by atoms with E-state index in [4.69, 9.17) is 9.72 Å². The molecule has 0 bridgehead atoms. The molecule has 0 fully saturated rings. The summed E-state index contributed by atoms with van der Waals surface area (Å²) in [5.74, 6) is 1.14. The van der Waals surface area contributed by atoms with Crippen molar-refractivity contribution in [2.24, 2.45) is 0 Å². The molecular weight excluding hydrogens is 417 g/mol. The number of hydrogen-bond acceptors (Lipinski definition) is 3. The van der Waals surface area contributed by atoms with E-state index in [9.17, 15) is 9.18 Å². The summed E-state index contributed by atoms with van der Waals surface area (Å²) in [5, 5.41) is 2.90. The summed E-state index contributed by atoms with van der Waals surface area (Å²) in [4.78, 5) is 17.2. The van der Waals surface area contributed by atoms with Crippen molar-refractivity contribution in [2.75, 3.05) is 6.61 Å². The number of aryl methyl sites for hydroxylation is 3.